The highest BCUT2D eigenvalue weighted by molar-refractivity contribution is 5.89. The van der Waals surface area contributed by atoms with Crippen LogP contribution in [0.5, 0.6) is 5.75 Å². The Bertz CT molecular complexity index is 884. The fraction of sp³-hybridized carbons (Fsp3) is 0.250. The second-order valence-electron chi connectivity index (χ2n) is 6.34. The van der Waals surface area contributed by atoms with E-state index in [1.54, 1.807) is 24.1 Å². The van der Waals surface area contributed by atoms with Gasteiger partial charge in [0.1, 0.15) is 5.75 Å². The highest BCUT2D eigenvalue weighted by atomic mass is 16.3. The van der Waals surface area contributed by atoms with Crippen molar-refractivity contribution in [2.24, 2.45) is 7.05 Å². The molecular formula is C20H22N2O3. The third-order valence-corrected chi connectivity index (χ3v) is 4.47. The van der Waals surface area contributed by atoms with Crippen molar-refractivity contribution in [3.63, 3.8) is 0 Å². The Morgan fingerprint density at radius 1 is 1.16 bits per heavy atom. The molecule has 130 valence electrons. The molecule has 0 fully saturated rings. The maximum absolute atomic E-state index is 12.6. The molecule has 1 atom stereocenters. The van der Waals surface area contributed by atoms with Crippen LogP contribution in [0.3, 0.4) is 0 Å². The Morgan fingerprint density at radius 3 is 2.56 bits per heavy atom. The fourth-order valence-electron chi connectivity index (χ4n) is 3.03. The number of aryl methyl sites for hydroxylation is 1. The van der Waals surface area contributed by atoms with Gasteiger partial charge >= 0.3 is 0 Å². The number of nitrogens with zero attached hydrogens (tertiary/aromatic N) is 2. The van der Waals surface area contributed by atoms with Gasteiger partial charge in [0.25, 0.3) is 0 Å². The fourth-order valence-corrected chi connectivity index (χ4v) is 3.03. The first-order valence-electron chi connectivity index (χ1n) is 8.19. The number of para-hydroxylation sites is 1. The molecule has 0 radical (unpaired) electrons. The number of hydrogen-bond donors (Lipinski definition) is 2. The second kappa shape index (κ2) is 6.99. The quantitative estimate of drug-likeness (QED) is 0.751. The van der Waals surface area contributed by atoms with Crippen LogP contribution in [0.15, 0.2) is 54.7 Å². The molecule has 2 N–H and O–H groups in total. The molecule has 0 aliphatic heterocycles. The summed E-state index contributed by atoms with van der Waals surface area (Å²) in [6.07, 6.45) is 1.48. The van der Waals surface area contributed by atoms with Crippen molar-refractivity contribution in [3.05, 3.63) is 65.9 Å². The topological polar surface area (TPSA) is 65.7 Å². The number of amides is 1. The second-order valence-corrected chi connectivity index (χ2v) is 6.34. The minimum Gasteiger partial charge on any atom is -0.508 e. The summed E-state index contributed by atoms with van der Waals surface area (Å²) in [7, 11) is 3.66. The van der Waals surface area contributed by atoms with E-state index in [0.29, 0.717) is 12.0 Å². The Hall–Kier alpha value is -2.79. The van der Waals surface area contributed by atoms with Crippen LogP contribution in [0.25, 0.3) is 10.9 Å². The lowest BCUT2D eigenvalue weighted by Crippen LogP contribution is -2.32. The third kappa shape index (κ3) is 3.67. The van der Waals surface area contributed by atoms with Crippen molar-refractivity contribution >= 4 is 16.8 Å². The zero-order valence-electron chi connectivity index (χ0n) is 14.4. The minimum absolute atomic E-state index is 0.0471. The third-order valence-electron chi connectivity index (χ3n) is 4.47. The first-order valence-corrected chi connectivity index (χ1v) is 8.19. The van der Waals surface area contributed by atoms with Gasteiger partial charge in [0.15, 0.2) is 0 Å². The van der Waals surface area contributed by atoms with E-state index in [9.17, 15) is 15.0 Å². The van der Waals surface area contributed by atoms with Gasteiger partial charge in [0.05, 0.1) is 19.1 Å². The highest BCUT2D eigenvalue weighted by Gasteiger charge is 2.17. The molecule has 3 aromatic rings. The van der Waals surface area contributed by atoms with Crippen molar-refractivity contribution in [2.75, 3.05) is 13.6 Å². The first-order chi connectivity index (χ1) is 12.0. The zero-order valence-corrected chi connectivity index (χ0v) is 14.4. The van der Waals surface area contributed by atoms with Crippen molar-refractivity contribution < 1.29 is 15.0 Å². The number of aliphatic hydroxyl groups excluding tert-OH is 1. The van der Waals surface area contributed by atoms with Crippen molar-refractivity contribution in [3.8, 4) is 5.75 Å². The molecule has 1 heterocycles. The monoisotopic (exact) mass is 338 g/mol. The summed E-state index contributed by atoms with van der Waals surface area (Å²) in [5, 5.41) is 20.7. The van der Waals surface area contributed by atoms with E-state index < -0.39 is 6.10 Å². The van der Waals surface area contributed by atoms with Crippen molar-refractivity contribution in [2.45, 2.75) is 12.5 Å². The molecule has 5 heteroatoms. The molecule has 1 aromatic heterocycles. The van der Waals surface area contributed by atoms with Gasteiger partial charge in [-0.1, -0.05) is 30.3 Å². The zero-order chi connectivity index (χ0) is 18.0. The number of fused-ring (bicyclic) bond motifs is 1. The average molecular weight is 338 g/mol. The van der Waals surface area contributed by atoms with Gasteiger partial charge in [0.2, 0.25) is 5.91 Å². The standard InChI is InChI=1S/C20H22N2O3/c1-21-12-15(17-5-3-4-6-18(17)21)11-20(25)22(2)13-19(24)14-7-9-16(23)10-8-14/h3-10,12,19,23-24H,11,13H2,1-2H3. The number of carbonyl (C=O) groups excluding carboxylic acids is 1. The normalized spacial score (nSPS) is 12.3. The van der Waals surface area contributed by atoms with Crippen LogP contribution in [0, 0.1) is 0 Å². The summed E-state index contributed by atoms with van der Waals surface area (Å²) < 4.78 is 2.02. The number of aromatic nitrogens is 1. The lowest BCUT2D eigenvalue weighted by molar-refractivity contribution is -0.130. The van der Waals surface area contributed by atoms with Crippen LogP contribution < -0.4 is 0 Å². The van der Waals surface area contributed by atoms with Crippen LogP contribution in [-0.2, 0) is 18.3 Å². The Labute approximate surface area is 146 Å². The van der Waals surface area contributed by atoms with Gasteiger partial charge < -0.3 is 19.7 Å². The van der Waals surface area contributed by atoms with E-state index in [1.807, 2.05) is 42.1 Å². The summed E-state index contributed by atoms with van der Waals surface area (Å²) in [4.78, 5) is 14.1. The van der Waals surface area contributed by atoms with Crippen LogP contribution in [0.1, 0.15) is 17.2 Å². The maximum Gasteiger partial charge on any atom is 0.226 e. The van der Waals surface area contributed by atoms with E-state index in [4.69, 9.17) is 0 Å². The molecule has 3 rings (SSSR count). The van der Waals surface area contributed by atoms with E-state index in [1.165, 1.54) is 12.1 Å². The SMILES string of the molecule is CN(CC(O)c1ccc(O)cc1)C(=O)Cc1cn(C)c2ccccc12. The lowest BCUT2D eigenvalue weighted by Gasteiger charge is -2.21. The molecule has 1 unspecified atom stereocenters. The van der Waals surface area contributed by atoms with Crippen molar-refractivity contribution in [1.29, 1.82) is 0 Å². The number of phenols is 1. The molecular weight excluding hydrogens is 316 g/mol. The number of phenolic OH excluding ortho intramolecular Hbond substituents is 1. The highest BCUT2D eigenvalue weighted by Crippen LogP contribution is 2.22. The van der Waals surface area contributed by atoms with Gasteiger partial charge in [-0.25, -0.2) is 0 Å². The number of hydrogen-bond acceptors (Lipinski definition) is 3. The molecule has 0 spiro atoms. The molecule has 0 saturated heterocycles. The van der Waals surface area contributed by atoms with Gasteiger partial charge in [-0.3, -0.25) is 4.79 Å². The number of likely N-dealkylation sites (N-methyl/N-ethyl adjacent to an activating group) is 1. The summed E-state index contributed by atoms with van der Waals surface area (Å²) in [6, 6.07) is 14.4. The summed E-state index contributed by atoms with van der Waals surface area (Å²) in [5.41, 5.74) is 2.74. The average Bonchev–Trinajstić information content (AvgIpc) is 2.91. The molecule has 0 saturated carbocycles. The molecule has 5 nitrogen and oxygen atoms in total. The van der Waals surface area contributed by atoms with Crippen molar-refractivity contribution in [1.82, 2.24) is 9.47 Å². The van der Waals surface area contributed by atoms with Crippen LogP contribution in [0.2, 0.25) is 0 Å². The molecule has 0 aliphatic rings. The van der Waals surface area contributed by atoms with Gasteiger partial charge in [-0.15, -0.1) is 0 Å². The first kappa shape index (κ1) is 17.0. The Kier molecular flexibility index (Phi) is 4.76. The van der Waals surface area contributed by atoms with Crippen LogP contribution in [0.4, 0.5) is 0 Å². The minimum atomic E-state index is -0.790. The van der Waals surface area contributed by atoms with E-state index in [0.717, 1.165) is 16.5 Å². The summed E-state index contributed by atoms with van der Waals surface area (Å²) in [6.45, 7) is 0.203. The number of benzene rings is 2. The summed E-state index contributed by atoms with van der Waals surface area (Å²) >= 11 is 0. The molecule has 1 amide bonds. The van der Waals surface area contributed by atoms with E-state index in [2.05, 4.69) is 0 Å². The largest absolute Gasteiger partial charge is 0.508 e. The van der Waals surface area contributed by atoms with Crippen LogP contribution >= 0.6 is 0 Å². The molecule has 25 heavy (non-hydrogen) atoms. The maximum atomic E-state index is 12.6. The number of aliphatic hydroxyl groups is 1. The van der Waals surface area contributed by atoms with E-state index >= 15 is 0 Å². The lowest BCUT2D eigenvalue weighted by atomic mass is 10.1. The predicted molar refractivity (Wildman–Crippen MR) is 97.3 cm³/mol. The molecule has 0 bridgehead atoms. The number of aromatic hydroxyl groups is 1. The number of carbonyl (C=O) groups is 1. The number of rotatable bonds is 5. The molecule has 0 aliphatic carbocycles. The smallest absolute Gasteiger partial charge is 0.226 e. The van der Waals surface area contributed by atoms with Gasteiger partial charge in [-0.2, -0.15) is 0 Å². The predicted octanol–water partition coefficient (Wildman–Crippen LogP) is 2.62. The van der Waals surface area contributed by atoms with E-state index in [-0.39, 0.29) is 18.2 Å². The van der Waals surface area contributed by atoms with Crippen LogP contribution in [-0.4, -0.2) is 39.2 Å². The Balaban J connectivity index is 1.69. The molecule has 2 aromatic carbocycles. The van der Waals surface area contributed by atoms with Gasteiger partial charge in [-0.05, 0) is 29.3 Å². The summed E-state index contributed by atoms with van der Waals surface area (Å²) in [5.74, 6) is 0.102. The Morgan fingerprint density at radius 2 is 1.84 bits per heavy atom. The van der Waals surface area contributed by atoms with Gasteiger partial charge in [0, 0.05) is 31.2 Å².